The van der Waals surface area contributed by atoms with Gasteiger partial charge in [0.05, 0.1) is 18.3 Å². The summed E-state index contributed by atoms with van der Waals surface area (Å²) in [4.78, 5) is 3.90. The lowest BCUT2D eigenvalue weighted by molar-refractivity contribution is 0.287. The van der Waals surface area contributed by atoms with E-state index in [1.807, 2.05) is 0 Å². The van der Waals surface area contributed by atoms with E-state index in [4.69, 9.17) is 21.4 Å². The number of hydrogen-bond donors (Lipinski definition) is 1. The van der Waals surface area contributed by atoms with Crippen LogP contribution in [0.3, 0.4) is 0 Å². The Balaban J connectivity index is 2.87. The molecule has 4 heteroatoms. The molecule has 0 radical (unpaired) electrons. The van der Waals surface area contributed by atoms with Gasteiger partial charge in [-0.1, -0.05) is 11.6 Å². The molecule has 0 saturated carbocycles. The van der Waals surface area contributed by atoms with Crippen LogP contribution in [0, 0.1) is 0 Å². The van der Waals surface area contributed by atoms with Crippen molar-refractivity contribution in [3.63, 3.8) is 0 Å². The molecular weight excluding hydrogens is 190 g/mol. The van der Waals surface area contributed by atoms with E-state index >= 15 is 0 Å². The molecule has 1 heterocycles. The number of methoxy groups -OCH3 is 1. The normalized spacial score (nSPS) is 10.1. The zero-order chi connectivity index (χ0) is 9.68. The van der Waals surface area contributed by atoms with Crippen molar-refractivity contribution in [1.82, 2.24) is 4.98 Å². The molecule has 0 spiro atoms. The predicted molar refractivity (Wildman–Crippen MR) is 51.2 cm³/mol. The Bertz CT molecular complexity index is 278. The lowest BCUT2D eigenvalue weighted by Gasteiger charge is -2.08. The lowest BCUT2D eigenvalue weighted by atomic mass is 10.1. The minimum Gasteiger partial charge on any atom is -0.495 e. The van der Waals surface area contributed by atoms with Crippen LogP contribution >= 0.6 is 11.6 Å². The van der Waals surface area contributed by atoms with Gasteiger partial charge >= 0.3 is 0 Å². The van der Waals surface area contributed by atoms with Crippen molar-refractivity contribution in [2.24, 2.45) is 0 Å². The quantitative estimate of drug-likeness (QED) is 0.806. The highest BCUT2D eigenvalue weighted by Crippen LogP contribution is 2.25. The van der Waals surface area contributed by atoms with E-state index in [9.17, 15) is 0 Å². The molecule has 0 unspecified atom stereocenters. The van der Waals surface area contributed by atoms with Gasteiger partial charge in [0.25, 0.3) is 0 Å². The van der Waals surface area contributed by atoms with Crippen LogP contribution in [-0.2, 0) is 6.42 Å². The van der Waals surface area contributed by atoms with Gasteiger partial charge in [-0.25, -0.2) is 0 Å². The maximum atomic E-state index is 8.68. The molecular formula is C9H12ClNO2. The summed E-state index contributed by atoms with van der Waals surface area (Å²) in [7, 11) is 1.58. The lowest BCUT2D eigenvalue weighted by Crippen LogP contribution is -1.96. The highest BCUT2D eigenvalue weighted by Gasteiger charge is 2.07. The van der Waals surface area contributed by atoms with Gasteiger partial charge in [0.1, 0.15) is 5.75 Å². The van der Waals surface area contributed by atoms with Crippen LogP contribution in [0.5, 0.6) is 5.75 Å². The molecule has 0 saturated heterocycles. The molecule has 13 heavy (non-hydrogen) atoms. The van der Waals surface area contributed by atoms with Crippen LogP contribution in [0.1, 0.15) is 12.0 Å². The number of nitrogens with zero attached hydrogens (tertiary/aromatic N) is 1. The Kier molecular flexibility index (Phi) is 3.99. The summed E-state index contributed by atoms with van der Waals surface area (Å²) in [5, 5.41) is 9.27. The Morgan fingerprint density at radius 3 is 2.92 bits per heavy atom. The van der Waals surface area contributed by atoms with Crippen LogP contribution in [0.2, 0.25) is 5.02 Å². The van der Waals surface area contributed by atoms with Gasteiger partial charge in [-0.3, -0.25) is 4.98 Å². The first-order valence-electron chi connectivity index (χ1n) is 4.06. The fraction of sp³-hybridized carbons (Fsp3) is 0.444. The molecule has 0 atom stereocenters. The molecule has 0 amide bonds. The van der Waals surface area contributed by atoms with E-state index < -0.39 is 0 Å². The minimum atomic E-state index is 0.155. The van der Waals surface area contributed by atoms with Crippen molar-refractivity contribution >= 4 is 11.6 Å². The molecule has 0 aliphatic carbocycles. The van der Waals surface area contributed by atoms with Gasteiger partial charge in [0.15, 0.2) is 0 Å². The third-order valence-corrected chi connectivity index (χ3v) is 2.10. The molecule has 1 aromatic rings. The van der Waals surface area contributed by atoms with Crippen molar-refractivity contribution in [1.29, 1.82) is 0 Å². The summed E-state index contributed by atoms with van der Waals surface area (Å²) in [6, 6.07) is 0. The molecule has 1 aromatic heterocycles. The van der Waals surface area contributed by atoms with E-state index in [1.54, 1.807) is 19.5 Å². The fourth-order valence-corrected chi connectivity index (χ4v) is 1.36. The molecule has 0 aliphatic rings. The first-order valence-corrected chi connectivity index (χ1v) is 4.44. The Hall–Kier alpha value is -0.800. The van der Waals surface area contributed by atoms with Gasteiger partial charge < -0.3 is 9.84 Å². The van der Waals surface area contributed by atoms with Crippen LogP contribution in [0.15, 0.2) is 12.4 Å². The Labute approximate surface area is 82.3 Å². The largest absolute Gasteiger partial charge is 0.495 e. The summed E-state index contributed by atoms with van der Waals surface area (Å²) in [5.41, 5.74) is 0.910. The topological polar surface area (TPSA) is 42.4 Å². The maximum Gasteiger partial charge on any atom is 0.141 e. The van der Waals surface area contributed by atoms with Crippen molar-refractivity contribution < 1.29 is 9.84 Å². The molecule has 0 aliphatic heterocycles. The zero-order valence-electron chi connectivity index (χ0n) is 7.46. The van der Waals surface area contributed by atoms with Crippen molar-refractivity contribution in [3.05, 3.63) is 23.0 Å². The molecule has 0 aromatic carbocycles. The molecule has 1 rings (SSSR count). The third-order valence-electron chi connectivity index (χ3n) is 1.77. The van der Waals surface area contributed by atoms with Gasteiger partial charge in [-0.2, -0.15) is 0 Å². The zero-order valence-corrected chi connectivity index (χ0v) is 8.21. The molecule has 0 fully saturated rings. The predicted octanol–water partition coefficient (Wildman–Crippen LogP) is 1.67. The second-order valence-corrected chi connectivity index (χ2v) is 3.04. The minimum absolute atomic E-state index is 0.155. The smallest absolute Gasteiger partial charge is 0.141 e. The summed E-state index contributed by atoms with van der Waals surface area (Å²) < 4.78 is 5.09. The number of aliphatic hydroxyl groups excluding tert-OH is 1. The van der Waals surface area contributed by atoms with E-state index in [0.717, 1.165) is 5.56 Å². The first-order chi connectivity index (χ1) is 6.29. The second kappa shape index (κ2) is 5.04. The van der Waals surface area contributed by atoms with E-state index in [1.165, 1.54) is 0 Å². The highest BCUT2D eigenvalue weighted by atomic mass is 35.5. The fourth-order valence-electron chi connectivity index (χ4n) is 1.12. The van der Waals surface area contributed by atoms with Crippen LogP contribution < -0.4 is 4.74 Å². The van der Waals surface area contributed by atoms with E-state index in [-0.39, 0.29) is 6.61 Å². The monoisotopic (exact) mass is 201 g/mol. The Morgan fingerprint density at radius 1 is 1.54 bits per heavy atom. The number of aromatic nitrogens is 1. The van der Waals surface area contributed by atoms with Crippen LogP contribution in [0.4, 0.5) is 0 Å². The second-order valence-electron chi connectivity index (χ2n) is 2.63. The van der Waals surface area contributed by atoms with E-state index in [2.05, 4.69) is 4.98 Å². The standard InChI is InChI=1S/C9H12ClNO2/c1-13-9-6-11-5-8(10)7(9)3-2-4-12/h5-6,12H,2-4H2,1H3. The molecule has 3 nitrogen and oxygen atoms in total. The number of pyridine rings is 1. The summed E-state index contributed by atoms with van der Waals surface area (Å²) >= 11 is 5.92. The SMILES string of the molecule is COc1cncc(Cl)c1CCCO. The first kappa shape index (κ1) is 10.3. The number of hydrogen-bond acceptors (Lipinski definition) is 3. The van der Waals surface area contributed by atoms with Gasteiger partial charge in [-0.05, 0) is 12.8 Å². The number of aliphatic hydroxyl groups is 1. The average Bonchev–Trinajstić information content (AvgIpc) is 2.15. The summed E-state index contributed by atoms with van der Waals surface area (Å²) in [6.07, 6.45) is 4.59. The number of rotatable bonds is 4. The van der Waals surface area contributed by atoms with Crippen LogP contribution in [-0.4, -0.2) is 23.8 Å². The molecule has 1 N–H and O–H groups in total. The average molecular weight is 202 g/mol. The van der Waals surface area contributed by atoms with Gasteiger partial charge in [0, 0.05) is 18.4 Å². The number of halogens is 1. The van der Waals surface area contributed by atoms with Crippen molar-refractivity contribution in [3.8, 4) is 5.75 Å². The summed E-state index contributed by atoms with van der Waals surface area (Å²) in [5.74, 6) is 0.681. The van der Waals surface area contributed by atoms with Crippen LogP contribution in [0.25, 0.3) is 0 Å². The number of ether oxygens (including phenoxy) is 1. The molecule has 72 valence electrons. The van der Waals surface area contributed by atoms with Crippen molar-refractivity contribution in [2.75, 3.05) is 13.7 Å². The van der Waals surface area contributed by atoms with E-state index in [0.29, 0.717) is 23.6 Å². The third kappa shape index (κ3) is 2.57. The highest BCUT2D eigenvalue weighted by molar-refractivity contribution is 6.31. The Morgan fingerprint density at radius 2 is 2.31 bits per heavy atom. The van der Waals surface area contributed by atoms with Crippen molar-refractivity contribution in [2.45, 2.75) is 12.8 Å². The summed E-state index contributed by atoms with van der Waals surface area (Å²) in [6.45, 7) is 0.155. The maximum absolute atomic E-state index is 8.68. The van der Waals surface area contributed by atoms with Gasteiger partial charge in [-0.15, -0.1) is 0 Å². The van der Waals surface area contributed by atoms with Gasteiger partial charge in [0.2, 0.25) is 0 Å². The molecule has 0 bridgehead atoms.